The fourth-order valence-electron chi connectivity index (χ4n) is 3.74. The highest BCUT2D eigenvalue weighted by Crippen LogP contribution is 2.47. The first kappa shape index (κ1) is 18.1. The van der Waals surface area contributed by atoms with Crippen LogP contribution in [0.25, 0.3) is 0 Å². The predicted molar refractivity (Wildman–Crippen MR) is 107 cm³/mol. The van der Waals surface area contributed by atoms with E-state index in [9.17, 15) is 10.2 Å². The van der Waals surface area contributed by atoms with Crippen molar-refractivity contribution in [2.75, 3.05) is 0 Å². The molecule has 3 aromatic rings. The Morgan fingerprint density at radius 2 is 1.04 bits per heavy atom. The third-order valence-electron chi connectivity index (χ3n) is 5.45. The van der Waals surface area contributed by atoms with Gasteiger partial charge in [-0.05, 0) is 22.8 Å². The normalized spacial score (nSPS) is 12.2. The monoisotopic (exact) mass is 346 g/mol. The number of rotatable bonds is 4. The number of benzene rings is 3. The van der Waals surface area contributed by atoms with Crippen LogP contribution >= 0.6 is 0 Å². The zero-order valence-electron chi connectivity index (χ0n) is 15.8. The van der Waals surface area contributed by atoms with Crippen molar-refractivity contribution < 1.29 is 10.2 Å². The molecule has 2 heteroatoms. The molecule has 0 atom stereocenters. The van der Waals surface area contributed by atoms with Crippen LogP contribution in [0, 0.1) is 0 Å². The van der Waals surface area contributed by atoms with E-state index >= 15 is 0 Å². The SMILES string of the molecule is CC(C)(c1ccccc1)c1ccc(O)c(O)c1C(C)(C)c1ccccc1. The number of phenolic OH excluding ortho intramolecular Hbond substituents is 2. The van der Waals surface area contributed by atoms with Crippen molar-refractivity contribution in [1.82, 2.24) is 0 Å². The van der Waals surface area contributed by atoms with Crippen molar-refractivity contribution >= 4 is 0 Å². The second kappa shape index (κ2) is 6.53. The van der Waals surface area contributed by atoms with Crippen molar-refractivity contribution in [3.63, 3.8) is 0 Å². The molecule has 0 aliphatic carbocycles. The molecule has 2 N–H and O–H groups in total. The van der Waals surface area contributed by atoms with E-state index in [-0.39, 0.29) is 16.9 Å². The van der Waals surface area contributed by atoms with E-state index in [2.05, 4.69) is 52.0 Å². The van der Waals surface area contributed by atoms with Gasteiger partial charge in [0.2, 0.25) is 0 Å². The largest absolute Gasteiger partial charge is 0.504 e. The van der Waals surface area contributed by atoms with Gasteiger partial charge in [0.1, 0.15) is 0 Å². The van der Waals surface area contributed by atoms with Gasteiger partial charge in [-0.3, -0.25) is 0 Å². The zero-order chi connectivity index (χ0) is 18.9. The molecular formula is C24H26O2. The van der Waals surface area contributed by atoms with Gasteiger partial charge in [-0.25, -0.2) is 0 Å². The van der Waals surface area contributed by atoms with Crippen molar-refractivity contribution in [2.45, 2.75) is 38.5 Å². The van der Waals surface area contributed by atoms with Gasteiger partial charge in [0.15, 0.2) is 11.5 Å². The Morgan fingerprint density at radius 3 is 1.54 bits per heavy atom. The maximum atomic E-state index is 10.8. The molecule has 2 nitrogen and oxygen atoms in total. The molecule has 3 rings (SSSR count). The Hall–Kier alpha value is -2.74. The highest BCUT2D eigenvalue weighted by atomic mass is 16.3. The maximum Gasteiger partial charge on any atom is 0.161 e. The fraction of sp³-hybridized carbons (Fsp3) is 0.250. The molecule has 0 saturated carbocycles. The molecule has 0 aliphatic rings. The first-order valence-electron chi connectivity index (χ1n) is 8.93. The van der Waals surface area contributed by atoms with Crippen molar-refractivity contribution in [3.05, 3.63) is 95.1 Å². The van der Waals surface area contributed by atoms with E-state index in [1.807, 2.05) is 42.5 Å². The minimum absolute atomic E-state index is 0.0413. The molecular weight excluding hydrogens is 320 g/mol. The average Bonchev–Trinajstić information content (AvgIpc) is 2.65. The van der Waals surface area contributed by atoms with Gasteiger partial charge in [0, 0.05) is 16.4 Å². The van der Waals surface area contributed by atoms with Gasteiger partial charge in [0.25, 0.3) is 0 Å². The first-order chi connectivity index (χ1) is 12.3. The summed E-state index contributed by atoms with van der Waals surface area (Å²) in [7, 11) is 0. The lowest BCUT2D eigenvalue weighted by molar-refractivity contribution is 0.388. The molecule has 0 unspecified atom stereocenters. The van der Waals surface area contributed by atoms with Gasteiger partial charge >= 0.3 is 0 Å². The highest BCUT2D eigenvalue weighted by Gasteiger charge is 2.36. The molecule has 0 spiro atoms. The van der Waals surface area contributed by atoms with Crippen LogP contribution in [0.5, 0.6) is 11.5 Å². The van der Waals surface area contributed by atoms with Crippen LogP contribution in [0.15, 0.2) is 72.8 Å². The second-order valence-electron chi connectivity index (χ2n) is 7.84. The summed E-state index contributed by atoms with van der Waals surface area (Å²) in [6.45, 7) is 8.47. The van der Waals surface area contributed by atoms with Crippen LogP contribution in [0.3, 0.4) is 0 Å². The fourth-order valence-corrected chi connectivity index (χ4v) is 3.74. The van der Waals surface area contributed by atoms with Crippen molar-refractivity contribution in [2.24, 2.45) is 0 Å². The van der Waals surface area contributed by atoms with E-state index in [1.54, 1.807) is 6.07 Å². The predicted octanol–water partition coefficient (Wildman–Crippen LogP) is 5.75. The molecule has 0 fully saturated rings. The molecule has 26 heavy (non-hydrogen) atoms. The summed E-state index contributed by atoms with van der Waals surface area (Å²) in [6, 6.07) is 23.9. The van der Waals surface area contributed by atoms with Crippen LogP contribution in [0.1, 0.15) is 49.9 Å². The van der Waals surface area contributed by atoms with Crippen molar-refractivity contribution in [1.29, 1.82) is 0 Å². The van der Waals surface area contributed by atoms with Gasteiger partial charge in [-0.15, -0.1) is 0 Å². The van der Waals surface area contributed by atoms with Gasteiger partial charge in [-0.1, -0.05) is 94.4 Å². The van der Waals surface area contributed by atoms with Crippen LogP contribution in [0.4, 0.5) is 0 Å². The summed E-state index contributed by atoms with van der Waals surface area (Å²) in [6.07, 6.45) is 0. The Morgan fingerprint density at radius 1 is 0.577 bits per heavy atom. The first-order valence-corrected chi connectivity index (χ1v) is 8.93. The molecule has 3 aromatic carbocycles. The Bertz CT molecular complexity index is 894. The minimum Gasteiger partial charge on any atom is -0.504 e. The lowest BCUT2D eigenvalue weighted by Crippen LogP contribution is -2.28. The smallest absolute Gasteiger partial charge is 0.161 e. The number of hydrogen-bond acceptors (Lipinski definition) is 2. The minimum atomic E-state index is -0.467. The molecule has 0 aromatic heterocycles. The van der Waals surface area contributed by atoms with E-state index < -0.39 is 5.41 Å². The van der Waals surface area contributed by atoms with Crippen LogP contribution in [0.2, 0.25) is 0 Å². The number of phenols is 2. The van der Waals surface area contributed by atoms with Crippen molar-refractivity contribution in [3.8, 4) is 11.5 Å². The molecule has 0 bridgehead atoms. The van der Waals surface area contributed by atoms with Crippen LogP contribution in [-0.2, 0) is 10.8 Å². The third-order valence-corrected chi connectivity index (χ3v) is 5.45. The van der Waals surface area contributed by atoms with Crippen LogP contribution < -0.4 is 0 Å². The summed E-state index contributed by atoms with van der Waals surface area (Å²) >= 11 is 0. The molecule has 0 aliphatic heterocycles. The van der Waals surface area contributed by atoms with E-state index in [1.165, 1.54) is 0 Å². The van der Waals surface area contributed by atoms with E-state index in [0.717, 1.165) is 22.3 Å². The Kier molecular flexibility index (Phi) is 4.53. The molecule has 134 valence electrons. The zero-order valence-corrected chi connectivity index (χ0v) is 15.8. The molecule has 0 saturated heterocycles. The Balaban J connectivity index is 2.28. The van der Waals surface area contributed by atoms with Crippen LogP contribution in [-0.4, -0.2) is 10.2 Å². The molecule has 0 amide bonds. The van der Waals surface area contributed by atoms with Gasteiger partial charge in [0.05, 0.1) is 0 Å². The number of aromatic hydroxyl groups is 2. The summed E-state index contributed by atoms with van der Waals surface area (Å²) in [4.78, 5) is 0. The second-order valence-corrected chi connectivity index (χ2v) is 7.84. The van der Waals surface area contributed by atoms with E-state index in [0.29, 0.717) is 0 Å². The van der Waals surface area contributed by atoms with E-state index in [4.69, 9.17) is 0 Å². The highest BCUT2D eigenvalue weighted by molar-refractivity contribution is 5.59. The molecule has 0 heterocycles. The summed E-state index contributed by atoms with van der Waals surface area (Å²) < 4.78 is 0. The Labute approximate surface area is 155 Å². The maximum absolute atomic E-state index is 10.8. The van der Waals surface area contributed by atoms with Gasteiger partial charge in [-0.2, -0.15) is 0 Å². The number of hydrogen-bond donors (Lipinski definition) is 2. The lowest BCUT2D eigenvalue weighted by atomic mass is 9.68. The topological polar surface area (TPSA) is 40.5 Å². The quantitative estimate of drug-likeness (QED) is 0.591. The standard InChI is InChI=1S/C24H26O2/c1-23(2,17-11-7-5-8-12-17)19-15-16-20(25)22(26)21(19)24(3,4)18-13-9-6-10-14-18/h5-16,25-26H,1-4H3. The molecule has 0 radical (unpaired) electrons. The summed E-state index contributed by atoms with van der Waals surface area (Å²) in [5.74, 6) is -0.128. The third kappa shape index (κ3) is 2.96. The summed E-state index contributed by atoms with van der Waals surface area (Å²) in [5.41, 5.74) is 3.23. The average molecular weight is 346 g/mol. The summed E-state index contributed by atoms with van der Waals surface area (Å²) in [5, 5.41) is 21.1. The lowest BCUT2D eigenvalue weighted by Gasteiger charge is -2.36. The van der Waals surface area contributed by atoms with Gasteiger partial charge < -0.3 is 10.2 Å².